The molecule has 0 saturated carbocycles. The predicted molar refractivity (Wildman–Crippen MR) is 56.3 cm³/mol. The molecule has 88 valence electrons. The quantitative estimate of drug-likeness (QED) is 0.672. The van der Waals surface area contributed by atoms with Gasteiger partial charge in [-0.25, -0.2) is 8.42 Å². The Balaban J connectivity index is 2.37. The summed E-state index contributed by atoms with van der Waals surface area (Å²) in [6.45, 7) is 4.34. The molecule has 1 aliphatic rings. The highest BCUT2D eigenvalue weighted by Crippen LogP contribution is 2.04. The Morgan fingerprint density at radius 3 is 2.33 bits per heavy atom. The van der Waals surface area contributed by atoms with Crippen LogP contribution >= 0.6 is 0 Å². The van der Waals surface area contributed by atoms with Crippen LogP contribution in [0.5, 0.6) is 0 Å². The summed E-state index contributed by atoms with van der Waals surface area (Å²) in [4.78, 5) is 13.1. The van der Waals surface area contributed by atoms with Crippen LogP contribution < -0.4 is 0 Å². The van der Waals surface area contributed by atoms with Gasteiger partial charge in [0.15, 0.2) is 9.84 Å². The zero-order chi connectivity index (χ0) is 11.5. The highest BCUT2D eigenvalue weighted by Gasteiger charge is 2.24. The summed E-state index contributed by atoms with van der Waals surface area (Å²) in [6.07, 6.45) is 0.0162. The Morgan fingerprint density at radius 1 is 1.33 bits per heavy atom. The molecular weight excluding hydrogens is 218 g/mol. The molecule has 1 amide bonds. The number of carbonyl (C=O) groups excluding carboxylic acids is 1. The van der Waals surface area contributed by atoms with Crippen molar-refractivity contribution < 1.29 is 17.9 Å². The van der Waals surface area contributed by atoms with Crippen molar-refractivity contribution in [3.05, 3.63) is 0 Å². The van der Waals surface area contributed by atoms with Gasteiger partial charge in [-0.1, -0.05) is 0 Å². The second-order valence-electron chi connectivity index (χ2n) is 3.89. The van der Waals surface area contributed by atoms with E-state index in [-0.39, 0.29) is 30.1 Å². The van der Waals surface area contributed by atoms with Gasteiger partial charge in [-0.15, -0.1) is 0 Å². The first-order chi connectivity index (χ1) is 6.91. The Bertz CT molecular complexity index is 309. The number of rotatable bonds is 3. The molecule has 1 rings (SSSR count). The van der Waals surface area contributed by atoms with Crippen LogP contribution in [0.3, 0.4) is 0 Å². The lowest BCUT2D eigenvalue weighted by Crippen LogP contribution is -2.45. The van der Waals surface area contributed by atoms with Crippen molar-refractivity contribution in [2.45, 2.75) is 20.0 Å². The monoisotopic (exact) mass is 235 g/mol. The average Bonchev–Trinajstić information content (AvgIpc) is 2.14. The maximum absolute atomic E-state index is 11.5. The molecule has 6 heteroatoms. The molecule has 0 aromatic carbocycles. The lowest BCUT2D eigenvalue weighted by atomic mass is 10.4. The zero-order valence-corrected chi connectivity index (χ0v) is 9.92. The van der Waals surface area contributed by atoms with Gasteiger partial charge in [0.05, 0.1) is 17.6 Å². The van der Waals surface area contributed by atoms with E-state index in [9.17, 15) is 13.2 Å². The van der Waals surface area contributed by atoms with Gasteiger partial charge in [-0.2, -0.15) is 0 Å². The minimum Gasteiger partial charge on any atom is -0.369 e. The third-order valence-electron chi connectivity index (χ3n) is 2.24. The molecule has 1 saturated heterocycles. The third-order valence-corrected chi connectivity index (χ3v) is 3.85. The lowest BCUT2D eigenvalue weighted by Gasteiger charge is -2.26. The highest BCUT2D eigenvalue weighted by atomic mass is 32.2. The summed E-state index contributed by atoms with van der Waals surface area (Å²) in [6, 6.07) is 0. The summed E-state index contributed by atoms with van der Waals surface area (Å²) in [5, 5.41) is 0. The number of carbonyl (C=O) groups is 1. The highest BCUT2D eigenvalue weighted by molar-refractivity contribution is 7.91. The van der Waals surface area contributed by atoms with Crippen LogP contribution in [0, 0.1) is 0 Å². The maximum atomic E-state index is 11.5. The first-order valence-corrected chi connectivity index (χ1v) is 6.82. The fourth-order valence-corrected chi connectivity index (χ4v) is 2.49. The lowest BCUT2D eigenvalue weighted by molar-refractivity contribution is -0.137. The van der Waals surface area contributed by atoms with Crippen LogP contribution in [0.1, 0.15) is 13.8 Å². The number of amides is 1. The molecule has 0 aromatic rings. The van der Waals surface area contributed by atoms with E-state index in [0.717, 1.165) is 0 Å². The van der Waals surface area contributed by atoms with Crippen LogP contribution in [0.2, 0.25) is 0 Å². The second kappa shape index (κ2) is 4.94. The standard InChI is InChI=1S/C9H17NO4S/c1-8(2)14-7-9(11)10-3-5-15(12,13)6-4-10/h8H,3-7H2,1-2H3. The Kier molecular flexibility index (Phi) is 4.10. The molecular formula is C9H17NO4S. The fourth-order valence-electron chi connectivity index (χ4n) is 1.29. The molecule has 0 aliphatic carbocycles. The largest absolute Gasteiger partial charge is 0.369 e. The smallest absolute Gasteiger partial charge is 0.248 e. The number of ether oxygens (including phenoxy) is 1. The molecule has 5 nitrogen and oxygen atoms in total. The summed E-state index contributed by atoms with van der Waals surface area (Å²) in [5.41, 5.74) is 0. The maximum Gasteiger partial charge on any atom is 0.248 e. The van der Waals surface area contributed by atoms with E-state index in [2.05, 4.69) is 0 Å². The summed E-state index contributed by atoms with van der Waals surface area (Å²) >= 11 is 0. The number of hydrogen-bond acceptors (Lipinski definition) is 4. The molecule has 1 aliphatic heterocycles. The SMILES string of the molecule is CC(C)OCC(=O)N1CCS(=O)(=O)CC1. The van der Waals surface area contributed by atoms with Gasteiger partial charge in [0, 0.05) is 13.1 Å². The van der Waals surface area contributed by atoms with E-state index >= 15 is 0 Å². The minimum absolute atomic E-state index is 0.0162. The van der Waals surface area contributed by atoms with Crippen molar-refractivity contribution in [1.29, 1.82) is 0 Å². The van der Waals surface area contributed by atoms with Crippen LogP contribution in [0.25, 0.3) is 0 Å². The van der Waals surface area contributed by atoms with Crippen molar-refractivity contribution in [2.24, 2.45) is 0 Å². The summed E-state index contributed by atoms with van der Waals surface area (Å²) in [7, 11) is -2.92. The van der Waals surface area contributed by atoms with Crippen molar-refractivity contribution >= 4 is 15.7 Å². The van der Waals surface area contributed by atoms with Gasteiger partial charge < -0.3 is 9.64 Å². The van der Waals surface area contributed by atoms with E-state index in [1.807, 2.05) is 13.8 Å². The Morgan fingerprint density at radius 2 is 1.87 bits per heavy atom. The van der Waals surface area contributed by atoms with Crippen LogP contribution in [-0.2, 0) is 19.4 Å². The topological polar surface area (TPSA) is 63.7 Å². The van der Waals surface area contributed by atoms with E-state index in [4.69, 9.17) is 4.74 Å². The molecule has 1 heterocycles. The van der Waals surface area contributed by atoms with Crippen molar-refractivity contribution in [1.82, 2.24) is 4.90 Å². The van der Waals surface area contributed by atoms with Gasteiger partial charge in [0.2, 0.25) is 5.91 Å². The Hall–Kier alpha value is -0.620. The van der Waals surface area contributed by atoms with Gasteiger partial charge in [-0.3, -0.25) is 4.79 Å². The molecule has 0 radical (unpaired) electrons. The number of sulfone groups is 1. The first-order valence-electron chi connectivity index (χ1n) is 5.00. The van der Waals surface area contributed by atoms with Gasteiger partial charge >= 0.3 is 0 Å². The molecule has 0 N–H and O–H groups in total. The van der Waals surface area contributed by atoms with Crippen molar-refractivity contribution in [3.63, 3.8) is 0 Å². The van der Waals surface area contributed by atoms with Crippen LogP contribution in [0.4, 0.5) is 0 Å². The van der Waals surface area contributed by atoms with Gasteiger partial charge in [0.25, 0.3) is 0 Å². The van der Waals surface area contributed by atoms with E-state index in [1.54, 1.807) is 4.90 Å². The first kappa shape index (κ1) is 12.4. The predicted octanol–water partition coefficient (Wildman–Crippen LogP) is -0.332. The summed E-state index contributed by atoms with van der Waals surface area (Å²) < 4.78 is 27.4. The fraction of sp³-hybridized carbons (Fsp3) is 0.889. The summed E-state index contributed by atoms with van der Waals surface area (Å²) in [5.74, 6) is 0.0134. The van der Waals surface area contributed by atoms with Gasteiger partial charge in [-0.05, 0) is 13.8 Å². The molecule has 0 aromatic heterocycles. The van der Waals surface area contributed by atoms with E-state index in [1.165, 1.54) is 0 Å². The van der Waals surface area contributed by atoms with Crippen molar-refractivity contribution in [2.75, 3.05) is 31.2 Å². The molecule has 0 bridgehead atoms. The molecule has 0 spiro atoms. The number of hydrogen-bond donors (Lipinski definition) is 0. The zero-order valence-electron chi connectivity index (χ0n) is 9.10. The normalized spacial score (nSPS) is 20.6. The average molecular weight is 235 g/mol. The third kappa shape index (κ3) is 4.17. The van der Waals surface area contributed by atoms with Gasteiger partial charge in [0.1, 0.15) is 6.61 Å². The van der Waals surface area contributed by atoms with Crippen LogP contribution in [-0.4, -0.2) is 56.5 Å². The van der Waals surface area contributed by atoms with E-state index in [0.29, 0.717) is 13.1 Å². The van der Waals surface area contributed by atoms with Crippen LogP contribution in [0.15, 0.2) is 0 Å². The molecule has 15 heavy (non-hydrogen) atoms. The second-order valence-corrected chi connectivity index (χ2v) is 6.20. The minimum atomic E-state index is -2.92. The Labute approximate surface area is 90.3 Å². The van der Waals surface area contributed by atoms with E-state index < -0.39 is 9.84 Å². The molecule has 0 atom stereocenters. The van der Waals surface area contributed by atoms with Crippen molar-refractivity contribution in [3.8, 4) is 0 Å². The molecule has 1 fully saturated rings. The number of nitrogens with zero attached hydrogens (tertiary/aromatic N) is 1. The molecule has 0 unspecified atom stereocenters.